The number of anilines is 2. The molecule has 2 aliphatic rings. The zero-order valence-corrected chi connectivity index (χ0v) is 20.4. The quantitative estimate of drug-likeness (QED) is 0.353. The average molecular weight is 490 g/mol. The first-order chi connectivity index (χ1) is 18.2. The van der Waals surface area contributed by atoms with E-state index < -0.39 is 0 Å². The van der Waals surface area contributed by atoms with Crippen molar-refractivity contribution in [2.45, 2.75) is 5.92 Å². The van der Waals surface area contributed by atoms with E-state index in [1.807, 2.05) is 119 Å². The molecule has 3 amide bonds. The predicted octanol–water partition coefficient (Wildman–Crippen LogP) is 6.03. The summed E-state index contributed by atoms with van der Waals surface area (Å²) in [5.41, 5.74) is 3.38. The molecule has 0 unspecified atom stereocenters. The van der Waals surface area contributed by atoms with Gasteiger partial charge in [0, 0.05) is 26.2 Å². The zero-order valence-electron chi connectivity index (χ0n) is 20.4. The molecule has 0 spiro atoms. The normalized spacial score (nSPS) is 14.6. The van der Waals surface area contributed by atoms with Crippen LogP contribution in [0.4, 0.5) is 16.2 Å². The number of benzene rings is 4. The highest BCUT2D eigenvalue weighted by molar-refractivity contribution is 6.03. The van der Waals surface area contributed by atoms with Crippen LogP contribution in [-0.4, -0.2) is 47.9 Å². The molecular formula is C31H27N3O3. The maximum absolute atomic E-state index is 13.8. The molecule has 4 aromatic carbocycles. The number of hydrogen-bond donors (Lipinski definition) is 0. The van der Waals surface area contributed by atoms with Crippen LogP contribution in [0.25, 0.3) is 0 Å². The van der Waals surface area contributed by atoms with Gasteiger partial charge >= 0.3 is 6.03 Å². The Balaban J connectivity index is 1.22. The number of urea groups is 1. The van der Waals surface area contributed by atoms with Crippen molar-refractivity contribution in [1.29, 1.82) is 0 Å². The van der Waals surface area contributed by atoms with Crippen LogP contribution in [0.5, 0.6) is 11.5 Å². The topological polar surface area (TPSA) is 53.1 Å². The van der Waals surface area contributed by atoms with Crippen LogP contribution in [-0.2, 0) is 4.79 Å². The highest BCUT2D eigenvalue weighted by atomic mass is 16.5. The standard InChI is InChI=1S/C31H27N3O3/c35-30(29(23-11-3-1-4-12-23)24-13-5-2-6-14-24)32-19-21-33(22-20-32)31(36)34-25-15-7-9-17-27(25)37-28-18-10-8-16-26(28)34/h1-18,29H,19-22H2. The fourth-order valence-electron chi connectivity index (χ4n) is 5.12. The van der Waals surface area contributed by atoms with Crippen molar-refractivity contribution in [3.05, 3.63) is 120 Å². The summed E-state index contributed by atoms with van der Waals surface area (Å²) in [6, 6.07) is 34.8. The molecule has 184 valence electrons. The van der Waals surface area contributed by atoms with Gasteiger partial charge in [-0.05, 0) is 35.4 Å². The molecule has 37 heavy (non-hydrogen) atoms. The minimum absolute atomic E-state index is 0.0616. The third kappa shape index (κ3) is 4.31. The molecule has 0 aromatic heterocycles. The van der Waals surface area contributed by atoms with Crippen molar-refractivity contribution >= 4 is 23.3 Å². The molecule has 0 aliphatic carbocycles. The maximum Gasteiger partial charge on any atom is 0.329 e. The molecule has 6 heteroatoms. The molecule has 2 heterocycles. The monoisotopic (exact) mass is 489 g/mol. The summed E-state index contributed by atoms with van der Waals surface area (Å²) in [7, 11) is 0. The molecular weight excluding hydrogens is 462 g/mol. The third-order valence-electron chi connectivity index (χ3n) is 7.00. The summed E-state index contributed by atoms with van der Waals surface area (Å²) in [6.07, 6.45) is 0. The van der Waals surface area contributed by atoms with Gasteiger partial charge in [0.25, 0.3) is 0 Å². The first kappa shape index (κ1) is 22.9. The minimum atomic E-state index is -0.373. The lowest BCUT2D eigenvalue weighted by Crippen LogP contribution is -2.54. The van der Waals surface area contributed by atoms with Gasteiger partial charge < -0.3 is 14.5 Å². The Hall–Kier alpha value is -4.58. The number of nitrogens with zero attached hydrogens (tertiary/aromatic N) is 3. The number of hydrogen-bond acceptors (Lipinski definition) is 3. The van der Waals surface area contributed by atoms with Crippen LogP contribution in [0.3, 0.4) is 0 Å². The molecule has 0 saturated carbocycles. The van der Waals surface area contributed by atoms with E-state index in [9.17, 15) is 9.59 Å². The summed E-state index contributed by atoms with van der Waals surface area (Å²) in [5, 5.41) is 0. The first-order valence-corrected chi connectivity index (χ1v) is 12.5. The molecule has 0 radical (unpaired) electrons. The Morgan fingerprint density at radius 3 is 1.51 bits per heavy atom. The van der Waals surface area contributed by atoms with Crippen LogP contribution in [0.2, 0.25) is 0 Å². The number of amides is 3. The molecule has 0 bridgehead atoms. The summed E-state index contributed by atoms with van der Waals surface area (Å²) < 4.78 is 6.04. The number of piperazine rings is 1. The van der Waals surface area contributed by atoms with Gasteiger partial charge in [-0.2, -0.15) is 0 Å². The number of carbonyl (C=O) groups excluding carboxylic acids is 2. The van der Waals surface area contributed by atoms with E-state index in [-0.39, 0.29) is 17.9 Å². The van der Waals surface area contributed by atoms with E-state index in [0.717, 1.165) is 22.5 Å². The second-order valence-electron chi connectivity index (χ2n) is 9.22. The summed E-state index contributed by atoms with van der Waals surface area (Å²) in [4.78, 5) is 33.1. The average Bonchev–Trinajstić information content (AvgIpc) is 2.97. The van der Waals surface area contributed by atoms with Gasteiger partial charge in [-0.1, -0.05) is 84.9 Å². The third-order valence-corrected chi connectivity index (χ3v) is 7.00. The number of carbonyl (C=O) groups is 2. The van der Waals surface area contributed by atoms with Gasteiger partial charge in [0.2, 0.25) is 5.91 Å². The molecule has 0 atom stereocenters. The number of ether oxygens (including phenoxy) is 1. The lowest BCUT2D eigenvalue weighted by Gasteiger charge is -2.40. The molecule has 4 aromatic rings. The Labute approximate surface area is 216 Å². The summed E-state index contributed by atoms with van der Waals surface area (Å²) in [6.45, 7) is 1.88. The van der Waals surface area contributed by atoms with Crippen LogP contribution >= 0.6 is 0 Å². The van der Waals surface area contributed by atoms with Crippen molar-refractivity contribution in [3.8, 4) is 11.5 Å². The molecule has 6 nitrogen and oxygen atoms in total. The van der Waals surface area contributed by atoms with E-state index in [2.05, 4.69) is 0 Å². The van der Waals surface area contributed by atoms with Gasteiger partial charge in [-0.15, -0.1) is 0 Å². The van der Waals surface area contributed by atoms with Gasteiger partial charge in [0.15, 0.2) is 11.5 Å². The summed E-state index contributed by atoms with van der Waals surface area (Å²) in [5.74, 6) is 0.989. The zero-order chi connectivity index (χ0) is 25.2. The second kappa shape index (κ2) is 9.82. The van der Waals surface area contributed by atoms with Crippen molar-refractivity contribution in [2.24, 2.45) is 0 Å². The second-order valence-corrected chi connectivity index (χ2v) is 9.22. The Morgan fingerprint density at radius 2 is 1.00 bits per heavy atom. The van der Waals surface area contributed by atoms with E-state index >= 15 is 0 Å². The Morgan fingerprint density at radius 1 is 0.568 bits per heavy atom. The van der Waals surface area contributed by atoms with E-state index in [4.69, 9.17) is 4.74 Å². The van der Waals surface area contributed by atoms with Gasteiger partial charge in [-0.25, -0.2) is 4.79 Å². The molecule has 6 rings (SSSR count). The van der Waals surface area contributed by atoms with E-state index in [0.29, 0.717) is 37.7 Å². The Bertz CT molecular complexity index is 1330. The Kier molecular flexibility index (Phi) is 6.06. The molecule has 0 N–H and O–H groups in total. The van der Waals surface area contributed by atoms with Gasteiger partial charge in [0.05, 0.1) is 17.3 Å². The van der Waals surface area contributed by atoms with E-state index in [1.165, 1.54) is 0 Å². The highest BCUT2D eigenvalue weighted by Crippen LogP contribution is 2.46. The van der Waals surface area contributed by atoms with Crippen LogP contribution < -0.4 is 9.64 Å². The van der Waals surface area contributed by atoms with Crippen molar-refractivity contribution in [2.75, 3.05) is 31.1 Å². The summed E-state index contributed by atoms with van der Waals surface area (Å²) >= 11 is 0. The SMILES string of the molecule is O=C(C(c1ccccc1)c1ccccc1)N1CCN(C(=O)N2c3ccccc3Oc3ccccc32)CC1. The number of para-hydroxylation sites is 4. The first-order valence-electron chi connectivity index (χ1n) is 12.5. The highest BCUT2D eigenvalue weighted by Gasteiger charge is 2.35. The number of fused-ring (bicyclic) bond motifs is 2. The largest absolute Gasteiger partial charge is 0.453 e. The molecule has 1 fully saturated rings. The molecule has 1 saturated heterocycles. The lowest BCUT2D eigenvalue weighted by atomic mass is 9.90. The minimum Gasteiger partial charge on any atom is -0.453 e. The predicted molar refractivity (Wildman–Crippen MR) is 143 cm³/mol. The number of rotatable bonds is 3. The lowest BCUT2D eigenvalue weighted by molar-refractivity contribution is -0.133. The fourth-order valence-corrected chi connectivity index (χ4v) is 5.12. The van der Waals surface area contributed by atoms with Gasteiger partial charge in [0.1, 0.15) is 0 Å². The van der Waals surface area contributed by atoms with Crippen molar-refractivity contribution in [3.63, 3.8) is 0 Å². The van der Waals surface area contributed by atoms with Gasteiger partial charge in [-0.3, -0.25) is 9.69 Å². The maximum atomic E-state index is 13.8. The van der Waals surface area contributed by atoms with Crippen LogP contribution in [0.15, 0.2) is 109 Å². The van der Waals surface area contributed by atoms with Crippen molar-refractivity contribution in [1.82, 2.24) is 9.80 Å². The van der Waals surface area contributed by atoms with Crippen LogP contribution in [0.1, 0.15) is 17.0 Å². The molecule has 2 aliphatic heterocycles. The van der Waals surface area contributed by atoms with Crippen molar-refractivity contribution < 1.29 is 14.3 Å². The smallest absolute Gasteiger partial charge is 0.329 e. The fraction of sp³-hybridized carbons (Fsp3) is 0.161. The van der Waals surface area contributed by atoms with Crippen LogP contribution in [0, 0.1) is 0 Å². The van der Waals surface area contributed by atoms with E-state index in [1.54, 1.807) is 4.90 Å².